The van der Waals surface area contributed by atoms with E-state index in [0.29, 0.717) is 24.8 Å². The van der Waals surface area contributed by atoms with Crippen molar-refractivity contribution in [2.75, 3.05) is 19.7 Å². The van der Waals surface area contributed by atoms with Crippen LogP contribution in [0.15, 0.2) is 35.6 Å². The summed E-state index contributed by atoms with van der Waals surface area (Å²) in [6, 6.07) is 7.03. The monoisotopic (exact) mass is 508 g/mol. The van der Waals surface area contributed by atoms with Crippen molar-refractivity contribution < 1.29 is 13.5 Å². The third-order valence-corrected chi connectivity index (χ3v) is 3.70. The molecule has 0 aliphatic carbocycles. The Morgan fingerprint density at radius 3 is 2.82 bits per heavy atom. The van der Waals surface area contributed by atoms with Gasteiger partial charge < -0.3 is 19.9 Å². The number of halogens is 3. The molecule has 1 aromatic heterocycles. The van der Waals surface area contributed by atoms with Crippen LogP contribution in [-0.2, 0) is 19.5 Å². The van der Waals surface area contributed by atoms with E-state index in [-0.39, 0.29) is 24.0 Å². The maximum absolute atomic E-state index is 12.3. The Bertz CT molecular complexity index is 726. The highest BCUT2D eigenvalue weighted by Gasteiger charge is 2.05. The zero-order chi connectivity index (χ0) is 19.5. The van der Waals surface area contributed by atoms with Gasteiger partial charge in [0.05, 0.1) is 6.54 Å². The number of rotatable bonds is 10. The maximum atomic E-state index is 12.3. The lowest BCUT2D eigenvalue weighted by atomic mass is 10.2. The molecule has 1 heterocycles. The highest BCUT2D eigenvalue weighted by atomic mass is 127. The Labute approximate surface area is 181 Å². The Balaban J connectivity index is 0.00000392. The van der Waals surface area contributed by atoms with E-state index in [1.165, 1.54) is 0 Å². The number of nitrogens with one attached hydrogen (secondary N) is 2. The quantitative estimate of drug-likeness (QED) is 0.294. The van der Waals surface area contributed by atoms with Crippen molar-refractivity contribution in [1.29, 1.82) is 0 Å². The Kier molecular flexibility index (Phi) is 11.4. The summed E-state index contributed by atoms with van der Waals surface area (Å²) in [4.78, 5) is 4.53. The van der Waals surface area contributed by atoms with Crippen LogP contribution in [0, 0.1) is 0 Å². The molecular weight excluding hydrogens is 481 g/mol. The number of ether oxygens (including phenoxy) is 1. The van der Waals surface area contributed by atoms with Crippen LogP contribution in [-0.4, -0.2) is 46.8 Å². The molecule has 0 radical (unpaired) electrons. The van der Waals surface area contributed by atoms with Crippen molar-refractivity contribution in [3.05, 3.63) is 42.0 Å². The van der Waals surface area contributed by atoms with Crippen molar-refractivity contribution >= 4 is 29.9 Å². The molecule has 0 saturated heterocycles. The summed E-state index contributed by atoms with van der Waals surface area (Å²) in [5.41, 5.74) is 0.881. The molecule has 0 aliphatic rings. The summed E-state index contributed by atoms with van der Waals surface area (Å²) >= 11 is 0. The molecule has 0 spiro atoms. The van der Waals surface area contributed by atoms with Crippen LogP contribution >= 0.6 is 24.0 Å². The number of benzene rings is 1. The Hall–Kier alpha value is -1.98. The number of alkyl halides is 2. The predicted molar refractivity (Wildman–Crippen MR) is 116 cm³/mol. The predicted octanol–water partition coefficient (Wildman–Crippen LogP) is 2.86. The normalized spacial score (nSPS) is 11.2. The second-order valence-corrected chi connectivity index (χ2v) is 5.77. The van der Waals surface area contributed by atoms with Crippen LogP contribution in [0.25, 0.3) is 0 Å². The summed E-state index contributed by atoms with van der Waals surface area (Å²) in [5.74, 6) is 2.04. The number of guanidine groups is 1. The van der Waals surface area contributed by atoms with Crippen LogP contribution in [0.1, 0.15) is 25.2 Å². The van der Waals surface area contributed by atoms with E-state index in [1.807, 2.05) is 24.5 Å². The zero-order valence-corrected chi connectivity index (χ0v) is 18.4. The van der Waals surface area contributed by atoms with Gasteiger partial charge in [0.25, 0.3) is 6.43 Å². The van der Waals surface area contributed by atoms with Gasteiger partial charge in [0, 0.05) is 26.1 Å². The lowest BCUT2D eigenvalue weighted by Gasteiger charge is -2.12. The van der Waals surface area contributed by atoms with Crippen molar-refractivity contribution in [1.82, 2.24) is 25.4 Å². The second kappa shape index (κ2) is 13.2. The molecule has 1 aromatic carbocycles. The van der Waals surface area contributed by atoms with E-state index in [1.54, 1.807) is 24.5 Å². The first-order valence-corrected chi connectivity index (χ1v) is 9.01. The van der Waals surface area contributed by atoms with E-state index in [2.05, 4.69) is 25.8 Å². The van der Waals surface area contributed by atoms with Crippen molar-refractivity contribution in [3.63, 3.8) is 0 Å². The standard InChI is InChI=1S/C18H26F2N6O.HI/c1-3-17-25-24-13-26(17)9-8-22-18(21-4-2)23-11-14-6-5-7-15(10-14)27-12-16(19)20;/h5-7,10,13,16H,3-4,8-9,11-12H2,1-2H3,(H2,21,22,23);1H. The Morgan fingerprint density at radius 2 is 2.11 bits per heavy atom. The summed E-state index contributed by atoms with van der Waals surface area (Å²) in [6.45, 7) is 5.97. The highest BCUT2D eigenvalue weighted by molar-refractivity contribution is 14.0. The van der Waals surface area contributed by atoms with Crippen LogP contribution in [0.2, 0.25) is 0 Å². The fraction of sp³-hybridized carbons (Fsp3) is 0.500. The highest BCUT2D eigenvalue weighted by Crippen LogP contribution is 2.14. The average Bonchev–Trinajstić information content (AvgIpc) is 3.12. The molecule has 0 amide bonds. The summed E-state index contributed by atoms with van der Waals surface area (Å²) in [6.07, 6.45) is 0.0586. The third kappa shape index (κ3) is 8.36. The van der Waals surface area contributed by atoms with Crippen LogP contribution in [0.4, 0.5) is 8.78 Å². The number of hydrogen-bond donors (Lipinski definition) is 2. The molecular formula is C18H27F2IN6O. The first-order chi connectivity index (χ1) is 13.1. The zero-order valence-electron chi connectivity index (χ0n) is 16.1. The molecule has 0 bridgehead atoms. The summed E-state index contributed by atoms with van der Waals surface area (Å²) in [5, 5.41) is 14.4. The average molecular weight is 508 g/mol. The molecule has 0 saturated carbocycles. The molecule has 0 fully saturated rings. The van der Waals surface area contributed by atoms with E-state index in [0.717, 1.165) is 30.9 Å². The van der Waals surface area contributed by atoms with Crippen molar-refractivity contribution in [2.24, 2.45) is 4.99 Å². The maximum Gasteiger partial charge on any atom is 0.272 e. The second-order valence-electron chi connectivity index (χ2n) is 5.77. The van der Waals surface area contributed by atoms with Gasteiger partial charge in [0.2, 0.25) is 0 Å². The van der Waals surface area contributed by atoms with Gasteiger partial charge in [-0.15, -0.1) is 34.2 Å². The number of nitrogens with zero attached hydrogens (tertiary/aromatic N) is 4. The van der Waals surface area contributed by atoms with Gasteiger partial charge in [0.15, 0.2) is 5.96 Å². The van der Waals surface area contributed by atoms with Crippen molar-refractivity contribution in [3.8, 4) is 5.75 Å². The van der Waals surface area contributed by atoms with Gasteiger partial charge in [-0.1, -0.05) is 19.1 Å². The van der Waals surface area contributed by atoms with Gasteiger partial charge >= 0.3 is 0 Å². The minimum atomic E-state index is -2.49. The first kappa shape index (κ1) is 24.1. The van der Waals surface area contributed by atoms with E-state index in [4.69, 9.17) is 4.74 Å². The fourth-order valence-electron chi connectivity index (χ4n) is 2.44. The van der Waals surface area contributed by atoms with E-state index >= 15 is 0 Å². The first-order valence-electron chi connectivity index (χ1n) is 9.01. The topological polar surface area (TPSA) is 76.4 Å². The molecule has 2 aromatic rings. The molecule has 0 unspecified atom stereocenters. The molecule has 0 atom stereocenters. The molecule has 0 aliphatic heterocycles. The number of hydrogen-bond acceptors (Lipinski definition) is 4. The molecule has 2 rings (SSSR count). The van der Waals surface area contributed by atoms with E-state index in [9.17, 15) is 8.78 Å². The molecule has 2 N–H and O–H groups in total. The molecule has 156 valence electrons. The molecule has 28 heavy (non-hydrogen) atoms. The van der Waals surface area contributed by atoms with Gasteiger partial charge in [0.1, 0.15) is 24.5 Å². The SMILES string of the molecule is CCNC(=NCc1cccc(OCC(F)F)c1)NCCn1cnnc1CC.I. The van der Waals surface area contributed by atoms with Crippen LogP contribution in [0.3, 0.4) is 0 Å². The van der Waals surface area contributed by atoms with Gasteiger partial charge in [-0.05, 0) is 24.6 Å². The fourth-order valence-corrected chi connectivity index (χ4v) is 2.44. The van der Waals surface area contributed by atoms with Crippen molar-refractivity contribution in [2.45, 2.75) is 39.8 Å². The molecule has 7 nitrogen and oxygen atoms in total. The number of aromatic nitrogens is 3. The molecule has 10 heteroatoms. The number of aryl methyl sites for hydroxylation is 1. The lowest BCUT2D eigenvalue weighted by Crippen LogP contribution is -2.38. The van der Waals surface area contributed by atoms with Crippen LogP contribution in [0.5, 0.6) is 5.75 Å². The Morgan fingerprint density at radius 1 is 1.29 bits per heavy atom. The van der Waals surface area contributed by atoms with Gasteiger partial charge in [-0.3, -0.25) is 0 Å². The smallest absolute Gasteiger partial charge is 0.272 e. The number of aliphatic imine (C=N–C) groups is 1. The van der Waals surface area contributed by atoms with Gasteiger partial charge in [-0.2, -0.15) is 0 Å². The van der Waals surface area contributed by atoms with E-state index < -0.39 is 13.0 Å². The van der Waals surface area contributed by atoms with Crippen LogP contribution < -0.4 is 15.4 Å². The van der Waals surface area contributed by atoms with Gasteiger partial charge in [-0.25, -0.2) is 13.8 Å². The lowest BCUT2D eigenvalue weighted by molar-refractivity contribution is 0.0818. The summed E-state index contributed by atoms with van der Waals surface area (Å²) in [7, 11) is 0. The minimum Gasteiger partial charge on any atom is -0.488 e. The third-order valence-electron chi connectivity index (χ3n) is 3.70. The summed E-state index contributed by atoms with van der Waals surface area (Å²) < 4.78 is 31.6. The largest absolute Gasteiger partial charge is 0.488 e. The minimum absolute atomic E-state index is 0.